The maximum Gasteiger partial charge on any atom is 0.263 e. The van der Waals surface area contributed by atoms with Gasteiger partial charge in [0.05, 0.1) is 9.75 Å². The minimum atomic E-state index is -0.495. The number of primary amides is 1. The lowest BCUT2D eigenvalue weighted by molar-refractivity contribution is 0.0537. The van der Waals surface area contributed by atoms with Crippen LogP contribution in [-0.4, -0.2) is 35.8 Å². The van der Waals surface area contributed by atoms with E-state index in [1.54, 1.807) is 17.0 Å². The summed E-state index contributed by atoms with van der Waals surface area (Å²) in [5, 5.41) is 0. The summed E-state index contributed by atoms with van der Waals surface area (Å²) in [6.07, 6.45) is 0.798. The fourth-order valence-corrected chi connectivity index (χ4v) is 3.11. The second kappa shape index (κ2) is 6.11. The normalized spacial score (nSPS) is 21.1. The average Bonchev–Trinajstić information content (AvgIpc) is 2.81. The number of hydrogen-bond donors (Lipinski definition) is 2. The molecular formula is C13H20ClN3O2S. The maximum atomic E-state index is 12.4. The number of nitrogens with two attached hydrogens (primary N) is 2. The van der Waals surface area contributed by atoms with Gasteiger partial charge >= 0.3 is 0 Å². The molecule has 1 aromatic rings. The molecular weight excluding hydrogens is 298 g/mol. The summed E-state index contributed by atoms with van der Waals surface area (Å²) in [4.78, 5) is 26.2. The van der Waals surface area contributed by atoms with Crippen molar-refractivity contribution in [2.24, 2.45) is 16.9 Å². The lowest BCUT2D eigenvalue weighted by Gasteiger charge is -2.42. The predicted octanol–water partition coefficient (Wildman–Crippen LogP) is 1.47. The van der Waals surface area contributed by atoms with Crippen molar-refractivity contribution in [2.75, 3.05) is 13.1 Å². The van der Waals surface area contributed by atoms with Gasteiger partial charge < -0.3 is 16.4 Å². The van der Waals surface area contributed by atoms with E-state index in [0.29, 0.717) is 22.8 Å². The minimum absolute atomic E-state index is 0. The van der Waals surface area contributed by atoms with E-state index in [0.717, 1.165) is 17.8 Å². The van der Waals surface area contributed by atoms with Crippen LogP contribution in [0.3, 0.4) is 0 Å². The molecule has 1 atom stereocenters. The molecule has 1 unspecified atom stereocenters. The molecule has 1 aromatic heterocycles. The summed E-state index contributed by atoms with van der Waals surface area (Å²) in [6, 6.07) is 3.37. The summed E-state index contributed by atoms with van der Waals surface area (Å²) in [7, 11) is 0. The van der Waals surface area contributed by atoms with Gasteiger partial charge in [0, 0.05) is 19.1 Å². The molecule has 0 bridgehead atoms. The second-order valence-electron chi connectivity index (χ2n) is 5.64. The zero-order chi connectivity index (χ0) is 14.2. The lowest BCUT2D eigenvalue weighted by atomic mass is 9.79. The molecule has 2 amide bonds. The van der Waals surface area contributed by atoms with Crippen molar-refractivity contribution in [3.8, 4) is 0 Å². The van der Waals surface area contributed by atoms with E-state index in [2.05, 4.69) is 13.8 Å². The Labute approximate surface area is 128 Å². The quantitative estimate of drug-likeness (QED) is 0.865. The standard InChI is InChI=1S/C13H19N3O2S.ClH/c1-13(2)7-16(6-5-10(13)14)12(18)9-4-3-8(19-9)11(15)17;/h3-4,10H,5-7,14H2,1-2H3,(H2,15,17);1H. The molecule has 20 heavy (non-hydrogen) atoms. The van der Waals surface area contributed by atoms with Crippen molar-refractivity contribution in [2.45, 2.75) is 26.3 Å². The van der Waals surface area contributed by atoms with Gasteiger partial charge in [-0.05, 0) is 24.0 Å². The first-order valence-corrected chi connectivity index (χ1v) is 7.07. The summed E-state index contributed by atoms with van der Waals surface area (Å²) in [6.45, 7) is 5.44. The first-order valence-electron chi connectivity index (χ1n) is 6.26. The van der Waals surface area contributed by atoms with Crippen LogP contribution in [0.15, 0.2) is 12.1 Å². The first-order chi connectivity index (χ1) is 8.81. The minimum Gasteiger partial charge on any atom is -0.365 e. The van der Waals surface area contributed by atoms with Crippen molar-refractivity contribution in [3.63, 3.8) is 0 Å². The lowest BCUT2D eigenvalue weighted by Crippen LogP contribution is -2.53. The van der Waals surface area contributed by atoms with E-state index in [9.17, 15) is 9.59 Å². The molecule has 2 heterocycles. The van der Waals surface area contributed by atoms with Crippen LogP contribution in [0.4, 0.5) is 0 Å². The van der Waals surface area contributed by atoms with Crippen LogP contribution in [0.1, 0.15) is 39.6 Å². The number of likely N-dealkylation sites (tertiary alicyclic amines) is 1. The van der Waals surface area contributed by atoms with Crippen LogP contribution in [-0.2, 0) is 0 Å². The van der Waals surface area contributed by atoms with Crippen molar-refractivity contribution in [3.05, 3.63) is 21.9 Å². The zero-order valence-corrected chi connectivity index (χ0v) is 13.2. The number of piperidine rings is 1. The van der Waals surface area contributed by atoms with E-state index >= 15 is 0 Å². The number of nitrogens with zero attached hydrogens (tertiary/aromatic N) is 1. The molecule has 0 aliphatic carbocycles. The molecule has 0 spiro atoms. The van der Waals surface area contributed by atoms with Gasteiger partial charge in [-0.3, -0.25) is 9.59 Å². The highest BCUT2D eigenvalue weighted by Gasteiger charge is 2.35. The number of amides is 2. The van der Waals surface area contributed by atoms with E-state index in [1.807, 2.05) is 0 Å². The topological polar surface area (TPSA) is 89.4 Å². The van der Waals surface area contributed by atoms with Crippen molar-refractivity contribution < 1.29 is 9.59 Å². The summed E-state index contributed by atoms with van der Waals surface area (Å²) >= 11 is 1.15. The maximum absolute atomic E-state index is 12.4. The Balaban J connectivity index is 0.00000200. The largest absolute Gasteiger partial charge is 0.365 e. The van der Waals surface area contributed by atoms with E-state index < -0.39 is 5.91 Å². The van der Waals surface area contributed by atoms with Gasteiger partial charge in [-0.1, -0.05) is 13.8 Å². The van der Waals surface area contributed by atoms with Crippen LogP contribution in [0, 0.1) is 5.41 Å². The highest BCUT2D eigenvalue weighted by molar-refractivity contribution is 7.15. The monoisotopic (exact) mass is 317 g/mol. The SMILES string of the molecule is CC1(C)CN(C(=O)c2ccc(C(N)=O)s2)CCC1N.Cl. The third-order valence-corrected chi connectivity index (χ3v) is 4.75. The third-order valence-electron chi connectivity index (χ3n) is 3.66. The van der Waals surface area contributed by atoms with Crippen molar-refractivity contribution in [1.29, 1.82) is 0 Å². The van der Waals surface area contributed by atoms with Gasteiger partial charge in [0.15, 0.2) is 0 Å². The van der Waals surface area contributed by atoms with Gasteiger partial charge in [0.2, 0.25) is 0 Å². The molecule has 0 saturated carbocycles. The van der Waals surface area contributed by atoms with Crippen LogP contribution in [0.2, 0.25) is 0 Å². The Bertz CT molecular complexity index is 515. The Morgan fingerprint density at radius 1 is 1.35 bits per heavy atom. The van der Waals surface area contributed by atoms with E-state index in [1.165, 1.54) is 0 Å². The molecule has 0 aromatic carbocycles. The summed E-state index contributed by atoms with van der Waals surface area (Å²) in [5.74, 6) is -0.539. The Kier molecular flexibility index (Phi) is 5.18. The molecule has 1 aliphatic rings. The van der Waals surface area contributed by atoms with Crippen LogP contribution in [0.5, 0.6) is 0 Å². The van der Waals surface area contributed by atoms with Crippen LogP contribution in [0.25, 0.3) is 0 Å². The summed E-state index contributed by atoms with van der Waals surface area (Å²) < 4.78 is 0. The van der Waals surface area contributed by atoms with Gasteiger partial charge in [-0.2, -0.15) is 0 Å². The van der Waals surface area contributed by atoms with E-state index in [-0.39, 0.29) is 29.8 Å². The second-order valence-corrected chi connectivity index (χ2v) is 6.72. The van der Waals surface area contributed by atoms with Crippen molar-refractivity contribution in [1.82, 2.24) is 4.90 Å². The van der Waals surface area contributed by atoms with Gasteiger partial charge in [0.25, 0.3) is 11.8 Å². The average molecular weight is 318 g/mol. The molecule has 1 saturated heterocycles. The number of thiophene rings is 1. The first kappa shape index (κ1) is 16.9. The molecule has 1 aliphatic heterocycles. The van der Waals surface area contributed by atoms with Gasteiger partial charge in [-0.25, -0.2) is 0 Å². The Morgan fingerprint density at radius 2 is 1.95 bits per heavy atom. The Hall–Kier alpha value is -1.11. The number of hydrogen-bond acceptors (Lipinski definition) is 4. The van der Waals surface area contributed by atoms with Gasteiger partial charge in [0.1, 0.15) is 0 Å². The van der Waals surface area contributed by atoms with Gasteiger partial charge in [-0.15, -0.1) is 23.7 Å². The molecule has 4 N–H and O–H groups in total. The van der Waals surface area contributed by atoms with Crippen LogP contribution < -0.4 is 11.5 Å². The summed E-state index contributed by atoms with van der Waals surface area (Å²) in [5.41, 5.74) is 11.2. The Morgan fingerprint density at radius 3 is 2.45 bits per heavy atom. The number of carbonyl (C=O) groups is 2. The van der Waals surface area contributed by atoms with Crippen molar-refractivity contribution >= 4 is 35.6 Å². The third kappa shape index (κ3) is 3.31. The molecule has 7 heteroatoms. The van der Waals surface area contributed by atoms with Crippen LogP contribution >= 0.6 is 23.7 Å². The highest BCUT2D eigenvalue weighted by atomic mass is 35.5. The number of carbonyl (C=O) groups excluding carboxylic acids is 2. The molecule has 0 radical (unpaired) electrons. The smallest absolute Gasteiger partial charge is 0.263 e. The molecule has 5 nitrogen and oxygen atoms in total. The zero-order valence-electron chi connectivity index (χ0n) is 11.6. The molecule has 1 fully saturated rings. The number of halogens is 1. The number of rotatable bonds is 2. The van der Waals surface area contributed by atoms with E-state index in [4.69, 9.17) is 11.5 Å². The highest BCUT2D eigenvalue weighted by Crippen LogP contribution is 2.29. The molecule has 112 valence electrons. The fraction of sp³-hybridized carbons (Fsp3) is 0.538. The predicted molar refractivity (Wildman–Crippen MR) is 82.4 cm³/mol. The fourth-order valence-electron chi connectivity index (χ4n) is 2.29. The molecule has 2 rings (SSSR count).